The van der Waals surface area contributed by atoms with Crippen molar-refractivity contribution in [1.29, 1.82) is 0 Å². The summed E-state index contributed by atoms with van der Waals surface area (Å²) < 4.78 is 0. The third kappa shape index (κ3) is 4.51. The van der Waals surface area contributed by atoms with Gasteiger partial charge in [-0.1, -0.05) is 77.8 Å². The monoisotopic (exact) mass is 384 g/mol. The summed E-state index contributed by atoms with van der Waals surface area (Å²) in [6.45, 7) is 2.25. The smallest absolute Gasteiger partial charge is 0.00596 e. The molecule has 0 nitrogen and oxygen atoms in total. The van der Waals surface area contributed by atoms with Crippen molar-refractivity contribution >= 4 is 15.9 Å². The van der Waals surface area contributed by atoms with Gasteiger partial charge in [0, 0.05) is 5.33 Å². The van der Waals surface area contributed by atoms with Crippen LogP contribution in [0.3, 0.4) is 0 Å². The number of alkyl halides is 1. The van der Waals surface area contributed by atoms with Crippen LogP contribution in [0.5, 0.6) is 0 Å². The molecule has 0 aliphatic heterocycles. The van der Waals surface area contributed by atoms with Gasteiger partial charge in [0.2, 0.25) is 0 Å². The van der Waals surface area contributed by atoms with Gasteiger partial charge >= 0.3 is 0 Å². The first-order valence-electron chi connectivity index (χ1n) is 9.55. The van der Waals surface area contributed by atoms with Crippen LogP contribution in [0.2, 0.25) is 0 Å². The first kappa shape index (κ1) is 17.7. The van der Waals surface area contributed by atoms with Gasteiger partial charge in [-0.25, -0.2) is 0 Å². The SMILES string of the molecule is CCCCc1ccc(-c2ccc([C@H]3CC[C@H](CBr)CC3)cc2)cc1. The van der Waals surface area contributed by atoms with Crippen LogP contribution in [0.25, 0.3) is 11.1 Å². The predicted molar refractivity (Wildman–Crippen MR) is 109 cm³/mol. The van der Waals surface area contributed by atoms with E-state index in [-0.39, 0.29) is 0 Å². The van der Waals surface area contributed by atoms with Gasteiger partial charge in [-0.3, -0.25) is 0 Å². The van der Waals surface area contributed by atoms with Crippen LogP contribution in [0, 0.1) is 5.92 Å². The number of hydrogen-bond donors (Lipinski definition) is 0. The number of aryl methyl sites for hydroxylation is 1. The lowest BCUT2D eigenvalue weighted by atomic mass is 9.79. The van der Waals surface area contributed by atoms with Crippen LogP contribution in [0.4, 0.5) is 0 Å². The van der Waals surface area contributed by atoms with E-state index < -0.39 is 0 Å². The summed E-state index contributed by atoms with van der Waals surface area (Å²) >= 11 is 3.64. The molecule has 0 N–H and O–H groups in total. The van der Waals surface area contributed by atoms with E-state index in [1.54, 1.807) is 0 Å². The number of hydrogen-bond acceptors (Lipinski definition) is 0. The molecule has 0 bridgehead atoms. The topological polar surface area (TPSA) is 0 Å². The van der Waals surface area contributed by atoms with Gasteiger partial charge in [0.15, 0.2) is 0 Å². The molecule has 2 aromatic carbocycles. The molecule has 1 heteroatoms. The summed E-state index contributed by atoms with van der Waals surface area (Å²) in [6, 6.07) is 18.5. The molecule has 0 spiro atoms. The molecule has 24 heavy (non-hydrogen) atoms. The molecule has 0 radical (unpaired) electrons. The van der Waals surface area contributed by atoms with Crippen molar-refractivity contribution < 1.29 is 0 Å². The lowest BCUT2D eigenvalue weighted by Gasteiger charge is -2.27. The molecule has 0 unspecified atom stereocenters. The Bertz CT molecular complexity index is 603. The molecule has 1 aliphatic rings. The van der Waals surface area contributed by atoms with E-state index in [1.807, 2.05) is 0 Å². The van der Waals surface area contributed by atoms with E-state index >= 15 is 0 Å². The van der Waals surface area contributed by atoms with Gasteiger partial charge in [-0.15, -0.1) is 0 Å². The van der Waals surface area contributed by atoms with E-state index in [4.69, 9.17) is 0 Å². The van der Waals surface area contributed by atoms with Crippen molar-refractivity contribution in [2.45, 2.75) is 57.8 Å². The van der Waals surface area contributed by atoms with Gasteiger partial charge in [0.25, 0.3) is 0 Å². The molecule has 1 fully saturated rings. The number of benzene rings is 2. The molecule has 2 aromatic rings. The Kier molecular flexibility index (Phi) is 6.54. The van der Waals surface area contributed by atoms with Crippen LogP contribution in [0.15, 0.2) is 48.5 Å². The third-order valence-electron chi connectivity index (χ3n) is 5.55. The van der Waals surface area contributed by atoms with Gasteiger partial charge in [0.1, 0.15) is 0 Å². The maximum atomic E-state index is 3.64. The second-order valence-corrected chi connectivity index (χ2v) is 7.94. The minimum atomic E-state index is 0.769. The van der Waals surface area contributed by atoms with Gasteiger partial charge < -0.3 is 0 Å². The van der Waals surface area contributed by atoms with E-state index in [9.17, 15) is 0 Å². The Hall–Kier alpha value is -1.08. The molecule has 0 aromatic heterocycles. The lowest BCUT2D eigenvalue weighted by molar-refractivity contribution is 0.354. The second kappa shape index (κ2) is 8.85. The Balaban J connectivity index is 1.64. The van der Waals surface area contributed by atoms with Crippen LogP contribution >= 0.6 is 15.9 Å². The predicted octanol–water partition coefficient (Wildman–Crippen LogP) is 7.36. The average Bonchev–Trinajstić information content (AvgIpc) is 2.67. The highest BCUT2D eigenvalue weighted by Gasteiger charge is 2.21. The summed E-state index contributed by atoms with van der Waals surface area (Å²) in [5.74, 6) is 1.66. The molecule has 128 valence electrons. The number of halogens is 1. The van der Waals surface area contributed by atoms with E-state index in [1.165, 1.54) is 72.5 Å². The third-order valence-corrected chi connectivity index (χ3v) is 6.47. The van der Waals surface area contributed by atoms with Crippen molar-refractivity contribution in [2.75, 3.05) is 5.33 Å². The summed E-state index contributed by atoms with van der Waals surface area (Å²) in [7, 11) is 0. The second-order valence-electron chi connectivity index (χ2n) is 7.29. The van der Waals surface area contributed by atoms with E-state index in [2.05, 4.69) is 71.4 Å². The zero-order chi connectivity index (χ0) is 16.8. The Morgan fingerprint density at radius 1 is 0.833 bits per heavy atom. The zero-order valence-corrected chi connectivity index (χ0v) is 16.4. The van der Waals surface area contributed by atoms with E-state index in [0.29, 0.717) is 0 Å². The highest BCUT2D eigenvalue weighted by Crippen LogP contribution is 2.37. The average molecular weight is 385 g/mol. The van der Waals surface area contributed by atoms with Crippen molar-refractivity contribution in [3.8, 4) is 11.1 Å². The first-order chi connectivity index (χ1) is 11.8. The number of unbranched alkanes of at least 4 members (excludes halogenated alkanes) is 1. The van der Waals surface area contributed by atoms with Crippen molar-refractivity contribution in [2.24, 2.45) is 5.92 Å². The van der Waals surface area contributed by atoms with Crippen LogP contribution in [0.1, 0.15) is 62.5 Å². The summed E-state index contributed by atoms with van der Waals surface area (Å²) in [6.07, 6.45) is 9.19. The maximum Gasteiger partial charge on any atom is 0.00596 e. The normalized spacial score (nSPS) is 20.9. The van der Waals surface area contributed by atoms with Crippen LogP contribution in [-0.4, -0.2) is 5.33 Å². The Labute approximate surface area is 155 Å². The molecule has 0 atom stereocenters. The molecular weight excluding hydrogens is 356 g/mol. The van der Waals surface area contributed by atoms with Gasteiger partial charge in [-0.2, -0.15) is 0 Å². The highest BCUT2D eigenvalue weighted by molar-refractivity contribution is 9.09. The summed E-state index contributed by atoms with van der Waals surface area (Å²) in [4.78, 5) is 0. The number of rotatable bonds is 6. The standard InChI is InChI=1S/C23H29Br/c1-2-3-4-18-5-9-20(10-6-18)22-13-15-23(16-14-22)21-11-7-19(17-24)8-12-21/h5-6,9-10,13-16,19,21H,2-4,7-8,11-12,17H2,1H3/t19-,21-. The van der Waals surface area contributed by atoms with E-state index in [0.717, 1.165) is 11.8 Å². The van der Waals surface area contributed by atoms with Crippen LogP contribution < -0.4 is 0 Å². The van der Waals surface area contributed by atoms with Crippen molar-refractivity contribution in [3.63, 3.8) is 0 Å². The Morgan fingerprint density at radius 3 is 1.96 bits per heavy atom. The Morgan fingerprint density at radius 2 is 1.42 bits per heavy atom. The summed E-state index contributed by atoms with van der Waals surface area (Å²) in [5.41, 5.74) is 5.67. The largest absolute Gasteiger partial charge is 0.0925 e. The molecular formula is C23H29Br. The lowest BCUT2D eigenvalue weighted by Crippen LogP contribution is -2.14. The fourth-order valence-corrected chi connectivity index (χ4v) is 4.49. The highest BCUT2D eigenvalue weighted by atomic mass is 79.9. The van der Waals surface area contributed by atoms with Crippen LogP contribution in [-0.2, 0) is 6.42 Å². The van der Waals surface area contributed by atoms with Crippen molar-refractivity contribution in [1.82, 2.24) is 0 Å². The molecule has 1 aliphatic carbocycles. The quantitative estimate of drug-likeness (QED) is 0.456. The fourth-order valence-electron chi connectivity index (χ4n) is 3.84. The molecule has 0 heterocycles. The summed E-state index contributed by atoms with van der Waals surface area (Å²) in [5, 5.41) is 1.17. The zero-order valence-electron chi connectivity index (χ0n) is 14.8. The molecule has 0 saturated heterocycles. The fraction of sp³-hybridized carbons (Fsp3) is 0.478. The minimum Gasteiger partial charge on any atom is -0.0925 e. The molecule has 3 rings (SSSR count). The van der Waals surface area contributed by atoms with Gasteiger partial charge in [-0.05, 0) is 72.6 Å². The van der Waals surface area contributed by atoms with Crippen molar-refractivity contribution in [3.05, 3.63) is 59.7 Å². The minimum absolute atomic E-state index is 0.769. The van der Waals surface area contributed by atoms with Gasteiger partial charge in [0.05, 0.1) is 0 Å². The molecule has 0 amide bonds. The first-order valence-corrected chi connectivity index (χ1v) is 10.7. The molecule has 1 saturated carbocycles. The maximum absolute atomic E-state index is 3.64.